The highest BCUT2D eigenvalue weighted by atomic mass is 32.1. The molecule has 9 heavy (non-hydrogen) atoms. The molecule has 0 atom stereocenters. The van der Waals surface area contributed by atoms with Gasteiger partial charge in [0.25, 0.3) is 0 Å². The van der Waals surface area contributed by atoms with Crippen LogP contribution < -0.4 is 4.90 Å². The van der Waals surface area contributed by atoms with Gasteiger partial charge >= 0.3 is 0 Å². The molecule has 0 radical (unpaired) electrons. The second-order valence-corrected chi connectivity index (χ2v) is 2.09. The SMILES string of the molecule is CN(C=O)c1csnn1. The van der Waals surface area contributed by atoms with Gasteiger partial charge in [0.1, 0.15) is 0 Å². The van der Waals surface area contributed by atoms with Crippen LogP contribution in [0.2, 0.25) is 0 Å². The lowest BCUT2D eigenvalue weighted by atomic mass is 10.7. The van der Waals surface area contributed by atoms with Crippen molar-refractivity contribution in [3.05, 3.63) is 5.38 Å². The molecule has 0 spiro atoms. The normalized spacial score (nSPS) is 9.00. The fraction of sp³-hybridized carbons (Fsp3) is 0.250. The quantitative estimate of drug-likeness (QED) is 0.553. The molecule has 0 aliphatic heterocycles. The lowest BCUT2D eigenvalue weighted by Crippen LogP contribution is -2.13. The zero-order chi connectivity index (χ0) is 6.69. The van der Waals surface area contributed by atoms with Crippen LogP contribution in [0.5, 0.6) is 0 Å². The Hall–Kier alpha value is -0.970. The van der Waals surface area contributed by atoms with E-state index in [1.807, 2.05) is 0 Å². The van der Waals surface area contributed by atoms with E-state index in [0.29, 0.717) is 12.2 Å². The Morgan fingerprint density at radius 2 is 2.67 bits per heavy atom. The van der Waals surface area contributed by atoms with Crippen molar-refractivity contribution in [1.29, 1.82) is 0 Å². The number of carbonyl (C=O) groups is 1. The van der Waals surface area contributed by atoms with E-state index < -0.39 is 0 Å². The molecule has 0 N–H and O–H groups in total. The van der Waals surface area contributed by atoms with Gasteiger partial charge in [-0.25, -0.2) is 0 Å². The van der Waals surface area contributed by atoms with Crippen molar-refractivity contribution in [3.63, 3.8) is 0 Å². The molecule has 0 aliphatic carbocycles. The maximum Gasteiger partial charge on any atom is 0.215 e. The molecule has 0 fully saturated rings. The molecular formula is C4H5N3OS. The summed E-state index contributed by atoms with van der Waals surface area (Å²) in [5, 5.41) is 5.35. The lowest BCUT2D eigenvalue weighted by Gasteiger charge is -2.01. The van der Waals surface area contributed by atoms with Crippen LogP contribution in [0.15, 0.2) is 5.38 Å². The van der Waals surface area contributed by atoms with Gasteiger partial charge < -0.3 is 4.90 Å². The zero-order valence-electron chi connectivity index (χ0n) is 4.81. The first-order valence-electron chi connectivity index (χ1n) is 2.30. The highest BCUT2D eigenvalue weighted by Gasteiger charge is 1.98. The number of aromatic nitrogens is 2. The minimum Gasteiger partial charge on any atom is -0.300 e. The lowest BCUT2D eigenvalue weighted by molar-refractivity contribution is -0.107. The molecule has 0 unspecified atom stereocenters. The summed E-state index contributed by atoms with van der Waals surface area (Å²) in [5.74, 6) is 0.593. The van der Waals surface area contributed by atoms with Crippen LogP contribution >= 0.6 is 11.5 Å². The van der Waals surface area contributed by atoms with Gasteiger partial charge in [-0.05, 0) is 11.5 Å². The van der Waals surface area contributed by atoms with E-state index in [4.69, 9.17) is 0 Å². The van der Waals surface area contributed by atoms with E-state index in [1.54, 1.807) is 12.4 Å². The molecule has 1 rings (SSSR count). The molecule has 0 bridgehead atoms. The van der Waals surface area contributed by atoms with Crippen LogP contribution in [0.3, 0.4) is 0 Å². The van der Waals surface area contributed by atoms with Gasteiger partial charge in [0.15, 0.2) is 5.82 Å². The van der Waals surface area contributed by atoms with Crippen molar-refractivity contribution in [2.24, 2.45) is 0 Å². The third kappa shape index (κ3) is 1.23. The van der Waals surface area contributed by atoms with Gasteiger partial charge in [-0.3, -0.25) is 4.79 Å². The first-order valence-corrected chi connectivity index (χ1v) is 3.13. The summed E-state index contributed by atoms with van der Waals surface area (Å²) in [5.41, 5.74) is 0. The summed E-state index contributed by atoms with van der Waals surface area (Å²) < 4.78 is 3.58. The average Bonchev–Trinajstić information content (AvgIpc) is 2.37. The number of amides is 1. The molecule has 1 aromatic rings. The van der Waals surface area contributed by atoms with Crippen LogP contribution in [-0.4, -0.2) is 23.0 Å². The third-order valence-corrected chi connectivity index (χ3v) is 1.36. The Labute approximate surface area is 56.3 Å². The summed E-state index contributed by atoms with van der Waals surface area (Å²) in [4.78, 5) is 11.4. The number of carbonyl (C=O) groups excluding carboxylic acids is 1. The highest BCUT2D eigenvalue weighted by Crippen LogP contribution is 2.05. The molecule has 5 heteroatoms. The van der Waals surface area contributed by atoms with Crippen molar-refractivity contribution in [1.82, 2.24) is 9.59 Å². The average molecular weight is 143 g/mol. The van der Waals surface area contributed by atoms with Gasteiger partial charge in [0.05, 0.1) is 5.38 Å². The number of rotatable bonds is 2. The van der Waals surface area contributed by atoms with Crippen molar-refractivity contribution < 1.29 is 4.79 Å². The predicted molar refractivity (Wildman–Crippen MR) is 34.4 cm³/mol. The molecule has 0 saturated carbocycles. The summed E-state index contributed by atoms with van der Waals surface area (Å²) in [6, 6.07) is 0. The molecule has 1 heterocycles. The van der Waals surface area contributed by atoms with E-state index in [9.17, 15) is 4.79 Å². The maximum atomic E-state index is 10.1. The monoisotopic (exact) mass is 143 g/mol. The summed E-state index contributed by atoms with van der Waals surface area (Å²) in [7, 11) is 1.63. The second kappa shape index (κ2) is 2.54. The summed E-state index contributed by atoms with van der Waals surface area (Å²) in [6.07, 6.45) is 0.691. The topological polar surface area (TPSA) is 46.1 Å². The van der Waals surface area contributed by atoms with Crippen molar-refractivity contribution >= 4 is 23.8 Å². The van der Waals surface area contributed by atoms with E-state index in [0.717, 1.165) is 0 Å². The molecule has 0 aliphatic rings. The van der Waals surface area contributed by atoms with Gasteiger partial charge in [0, 0.05) is 7.05 Å². The summed E-state index contributed by atoms with van der Waals surface area (Å²) >= 11 is 1.22. The third-order valence-electron chi connectivity index (χ3n) is 0.868. The molecule has 1 aromatic heterocycles. The first-order chi connectivity index (χ1) is 4.34. The van der Waals surface area contributed by atoms with Crippen molar-refractivity contribution in [3.8, 4) is 0 Å². The minimum absolute atomic E-state index is 0.593. The van der Waals surface area contributed by atoms with Crippen molar-refractivity contribution in [2.75, 3.05) is 11.9 Å². The largest absolute Gasteiger partial charge is 0.300 e. The number of nitrogens with zero attached hydrogens (tertiary/aromatic N) is 3. The van der Waals surface area contributed by atoms with Gasteiger partial charge in [-0.2, -0.15) is 0 Å². The highest BCUT2D eigenvalue weighted by molar-refractivity contribution is 7.03. The molecular weight excluding hydrogens is 138 g/mol. The first kappa shape index (κ1) is 6.15. The molecule has 0 aromatic carbocycles. The molecule has 4 nitrogen and oxygen atoms in total. The number of hydrogen-bond donors (Lipinski definition) is 0. The molecule has 48 valence electrons. The Bertz CT molecular complexity index is 186. The number of anilines is 1. The van der Waals surface area contributed by atoms with Gasteiger partial charge in [-0.1, -0.05) is 4.49 Å². The van der Waals surface area contributed by atoms with Crippen LogP contribution in [-0.2, 0) is 4.79 Å². The van der Waals surface area contributed by atoms with E-state index in [2.05, 4.69) is 9.59 Å². The predicted octanol–water partition coefficient (Wildman–Crippen LogP) is 0.131. The molecule has 0 saturated heterocycles. The van der Waals surface area contributed by atoms with E-state index in [1.165, 1.54) is 16.4 Å². The smallest absolute Gasteiger partial charge is 0.215 e. The van der Waals surface area contributed by atoms with Crippen LogP contribution in [0, 0.1) is 0 Å². The van der Waals surface area contributed by atoms with E-state index >= 15 is 0 Å². The summed E-state index contributed by atoms with van der Waals surface area (Å²) in [6.45, 7) is 0. The zero-order valence-corrected chi connectivity index (χ0v) is 5.63. The van der Waals surface area contributed by atoms with Crippen LogP contribution in [0.1, 0.15) is 0 Å². The van der Waals surface area contributed by atoms with E-state index in [-0.39, 0.29) is 0 Å². The Balaban J connectivity index is 2.76. The Morgan fingerprint density at radius 3 is 3.11 bits per heavy atom. The van der Waals surface area contributed by atoms with Crippen LogP contribution in [0.4, 0.5) is 5.82 Å². The fourth-order valence-electron chi connectivity index (χ4n) is 0.367. The van der Waals surface area contributed by atoms with Crippen molar-refractivity contribution in [2.45, 2.75) is 0 Å². The Kier molecular flexibility index (Phi) is 1.74. The maximum absolute atomic E-state index is 10.1. The second-order valence-electron chi connectivity index (χ2n) is 1.48. The minimum atomic E-state index is 0.593. The standard InChI is InChI=1S/C4H5N3OS/c1-7(3-8)4-2-9-6-5-4/h2-3H,1H3. The Morgan fingerprint density at radius 1 is 1.89 bits per heavy atom. The fourth-order valence-corrected chi connectivity index (χ4v) is 0.853. The number of hydrogen-bond acceptors (Lipinski definition) is 4. The van der Waals surface area contributed by atoms with Crippen LogP contribution in [0.25, 0.3) is 0 Å². The van der Waals surface area contributed by atoms with Gasteiger partial charge in [-0.15, -0.1) is 5.10 Å². The van der Waals surface area contributed by atoms with Gasteiger partial charge in [0.2, 0.25) is 6.41 Å². The molecule has 1 amide bonds.